The van der Waals surface area contributed by atoms with Gasteiger partial charge in [0, 0.05) is 50.4 Å². The van der Waals surface area contributed by atoms with Crippen LogP contribution in [0.5, 0.6) is 0 Å². The number of benzene rings is 1. The standard InChI is InChI=1S/C22H32N4O2S/c1-16(2)22-23-19(5)15-21(24-22)26-10-8-25(9-11-26)12-13-29(27,28)20-14-17(3)6-7-18(20)4/h6-7,14-16H,8-13H2,1-5H3. The summed E-state index contributed by atoms with van der Waals surface area (Å²) in [5.74, 6) is 2.30. The summed E-state index contributed by atoms with van der Waals surface area (Å²) in [6, 6.07) is 7.65. The zero-order valence-corrected chi connectivity index (χ0v) is 19.0. The highest BCUT2D eigenvalue weighted by atomic mass is 32.2. The van der Waals surface area contributed by atoms with Crippen LogP contribution in [0, 0.1) is 20.8 Å². The van der Waals surface area contributed by atoms with Crippen LogP contribution in [0.1, 0.15) is 42.4 Å². The van der Waals surface area contributed by atoms with Gasteiger partial charge in [-0.2, -0.15) is 0 Å². The van der Waals surface area contributed by atoms with E-state index in [-0.39, 0.29) is 5.75 Å². The Hall–Kier alpha value is -1.99. The normalized spacial score (nSPS) is 15.9. The molecule has 1 aliphatic heterocycles. The molecule has 158 valence electrons. The average Bonchev–Trinajstić information content (AvgIpc) is 2.68. The third kappa shape index (κ3) is 5.34. The van der Waals surface area contributed by atoms with Crippen molar-refractivity contribution in [2.75, 3.05) is 43.4 Å². The summed E-state index contributed by atoms with van der Waals surface area (Å²) in [6.07, 6.45) is 0. The Morgan fingerprint density at radius 3 is 2.34 bits per heavy atom. The van der Waals surface area contributed by atoms with Gasteiger partial charge in [-0.05, 0) is 38.0 Å². The summed E-state index contributed by atoms with van der Waals surface area (Å²) >= 11 is 0. The number of piperazine rings is 1. The van der Waals surface area contributed by atoms with Crippen LogP contribution in [0.4, 0.5) is 5.82 Å². The van der Waals surface area contributed by atoms with E-state index in [1.54, 1.807) is 6.07 Å². The second-order valence-corrected chi connectivity index (χ2v) is 10.4. The quantitative estimate of drug-likeness (QED) is 0.721. The van der Waals surface area contributed by atoms with Crippen LogP contribution in [0.3, 0.4) is 0 Å². The van der Waals surface area contributed by atoms with E-state index in [9.17, 15) is 8.42 Å². The highest BCUT2D eigenvalue weighted by Crippen LogP contribution is 2.20. The van der Waals surface area contributed by atoms with Gasteiger partial charge in [-0.1, -0.05) is 26.0 Å². The minimum absolute atomic E-state index is 0.154. The average molecular weight is 417 g/mol. The Labute approximate surface area is 174 Å². The molecule has 1 aromatic heterocycles. The van der Waals surface area contributed by atoms with Crippen molar-refractivity contribution in [3.63, 3.8) is 0 Å². The van der Waals surface area contributed by atoms with E-state index in [1.165, 1.54) is 0 Å². The van der Waals surface area contributed by atoms with Crippen molar-refractivity contribution >= 4 is 15.7 Å². The van der Waals surface area contributed by atoms with E-state index in [4.69, 9.17) is 4.98 Å². The summed E-state index contributed by atoms with van der Waals surface area (Å²) in [5, 5.41) is 0. The smallest absolute Gasteiger partial charge is 0.179 e. The minimum atomic E-state index is -3.28. The Bertz CT molecular complexity index is 965. The lowest BCUT2D eigenvalue weighted by atomic mass is 10.2. The third-order valence-electron chi connectivity index (χ3n) is 5.43. The van der Waals surface area contributed by atoms with E-state index in [2.05, 4.69) is 28.6 Å². The van der Waals surface area contributed by atoms with E-state index in [0.717, 1.165) is 54.6 Å². The molecule has 6 nitrogen and oxygen atoms in total. The Morgan fingerprint density at radius 1 is 1.00 bits per heavy atom. The van der Waals surface area contributed by atoms with Gasteiger partial charge in [-0.15, -0.1) is 0 Å². The van der Waals surface area contributed by atoms with E-state index >= 15 is 0 Å². The van der Waals surface area contributed by atoms with Crippen molar-refractivity contribution < 1.29 is 8.42 Å². The second kappa shape index (κ2) is 8.79. The van der Waals surface area contributed by atoms with Crippen molar-refractivity contribution in [3.05, 3.63) is 46.9 Å². The molecule has 2 aromatic rings. The van der Waals surface area contributed by atoms with Crippen LogP contribution in [0.25, 0.3) is 0 Å². The Balaban J connectivity index is 1.60. The van der Waals surface area contributed by atoms with Gasteiger partial charge in [0.05, 0.1) is 10.6 Å². The van der Waals surface area contributed by atoms with Crippen molar-refractivity contribution in [2.45, 2.75) is 45.4 Å². The molecule has 0 spiro atoms. The van der Waals surface area contributed by atoms with Crippen LogP contribution < -0.4 is 4.90 Å². The molecule has 0 amide bonds. The molecule has 1 fully saturated rings. The highest BCUT2D eigenvalue weighted by molar-refractivity contribution is 7.91. The molecule has 1 aliphatic rings. The first-order valence-electron chi connectivity index (χ1n) is 10.3. The van der Waals surface area contributed by atoms with Crippen LogP contribution in [-0.2, 0) is 9.84 Å². The van der Waals surface area contributed by atoms with Gasteiger partial charge in [0.15, 0.2) is 9.84 Å². The maximum atomic E-state index is 12.8. The fraction of sp³-hybridized carbons (Fsp3) is 0.545. The molecule has 0 bridgehead atoms. The van der Waals surface area contributed by atoms with Gasteiger partial charge in [0.2, 0.25) is 0 Å². The molecular weight excluding hydrogens is 384 g/mol. The van der Waals surface area contributed by atoms with Crippen molar-refractivity contribution in [2.24, 2.45) is 0 Å². The number of aryl methyl sites for hydroxylation is 3. The summed E-state index contributed by atoms with van der Waals surface area (Å²) in [6.45, 7) is 13.9. The van der Waals surface area contributed by atoms with Gasteiger partial charge in [0.25, 0.3) is 0 Å². The first-order valence-corrected chi connectivity index (χ1v) is 11.9. The fourth-order valence-electron chi connectivity index (χ4n) is 3.60. The SMILES string of the molecule is Cc1ccc(C)c(S(=O)(=O)CCN2CCN(c3cc(C)nc(C(C)C)n3)CC2)c1. The highest BCUT2D eigenvalue weighted by Gasteiger charge is 2.23. The van der Waals surface area contributed by atoms with Crippen LogP contribution in [-0.4, -0.2) is 61.8 Å². The van der Waals surface area contributed by atoms with E-state index in [1.807, 2.05) is 39.0 Å². The summed E-state index contributed by atoms with van der Waals surface area (Å²) in [4.78, 5) is 14.2. The number of rotatable bonds is 6. The van der Waals surface area contributed by atoms with Gasteiger partial charge in [0.1, 0.15) is 11.6 Å². The third-order valence-corrected chi connectivity index (χ3v) is 7.26. The molecule has 1 saturated heterocycles. The summed E-state index contributed by atoms with van der Waals surface area (Å²) < 4.78 is 25.6. The van der Waals surface area contributed by atoms with Crippen LogP contribution in [0.15, 0.2) is 29.2 Å². The van der Waals surface area contributed by atoms with Gasteiger partial charge < -0.3 is 4.90 Å². The maximum absolute atomic E-state index is 12.8. The molecule has 0 aliphatic carbocycles. The van der Waals surface area contributed by atoms with Crippen LogP contribution in [0.2, 0.25) is 0 Å². The molecule has 0 radical (unpaired) electrons. The second-order valence-electron chi connectivity index (χ2n) is 8.30. The van der Waals surface area contributed by atoms with Crippen molar-refractivity contribution in [1.82, 2.24) is 14.9 Å². The Kier molecular flexibility index (Phi) is 6.58. The largest absolute Gasteiger partial charge is 0.354 e. The number of hydrogen-bond acceptors (Lipinski definition) is 6. The van der Waals surface area contributed by atoms with E-state index in [0.29, 0.717) is 17.4 Å². The van der Waals surface area contributed by atoms with Crippen LogP contribution >= 0.6 is 0 Å². The molecule has 7 heteroatoms. The molecule has 2 heterocycles. The zero-order chi connectivity index (χ0) is 21.2. The van der Waals surface area contributed by atoms with Gasteiger partial charge in [-0.3, -0.25) is 4.90 Å². The molecule has 0 saturated carbocycles. The van der Waals surface area contributed by atoms with Crippen molar-refractivity contribution in [3.8, 4) is 0 Å². The van der Waals surface area contributed by atoms with E-state index < -0.39 is 9.84 Å². The van der Waals surface area contributed by atoms with Gasteiger partial charge in [-0.25, -0.2) is 18.4 Å². The summed E-state index contributed by atoms with van der Waals surface area (Å²) in [5.41, 5.74) is 2.78. The zero-order valence-electron chi connectivity index (χ0n) is 18.1. The Morgan fingerprint density at radius 2 is 1.69 bits per heavy atom. The number of aromatic nitrogens is 2. The first-order chi connectivity index (χ1) is 13.7. The molecule has 0 atom stereocenters. The number of nitrogens with zero attached hydrogens (tertiary/aromatic N) is 4. The number of anilines is 1. The molecule has 1 aromatic carbocycles. The summed E-state index contributed by atoms with van der Waals surface area (Å²) in [7, 11) is -3.28. The lowest BCUT2D eigenvalue weighted by Crippen LogP contribution is -2.48. The minimum Gasteiger partial charge on any atom is -0.354 e. The molecule has 3 rings (SSSR count). The monoisotopic (exact) mass is 416 g/mol. The lowest BCUT2D eigenvalue weighted by molar-refractivity contribution is 0.271. The molecule has 29 heavy (non-hydrogen) atoms. The maximum Gasteiger partial charge on any atom is 0.179 e. The number of hydrogen-bond donors (Lipinski definition) is 0. The van der Waals surface area contributed by atoms with Gasteiger partial charge >= 0.3 is 0 Å². The van der Waals surface area contributed by atoms with Crippen molar-refractivity contribution in [1.29, 1.82) is 0 Å². The number of sulfone groups is 1. The topological polar surface area (TPSA) is 66.4 Å². The first kappa shape index (κ1) is 21.7. The predicted octanol–water partition coefficient (Wildman–Crippen LogP) is 3.12. The molecular formula is C22H32N4O2S. The fourth-order valence-corrected chi connectivity index (χ4v) is 5.24. The predicted molar refractivity (Wildman–Crippen MR) is 117 cm³/mol. The molecule has 0 unspecified atom stereocenters. The molecule has 0 N–H and O–H groups in total. The lowest BCUT2D eigenvalue weighted by Gasteiger charge is -2.35.